The highest BCUT2D eigenvalue weighted by Crippen LogP contribution is 2.35. The van der Waals surface area contributed by atoms with Crippen molar-refractivity contribution in [3.8, 4) is 0 Å². The normalized spacial score (nSPS) is 15.8. The van der Waals surface area contributed by atoms with E-state index in [-0.39, 0.29) is 18.4 Å². The molecule has 2 amide bonds. The summed E-state index contributed by atoms with van der Waals surface area (Å²) in [5.74, 6) is -3.55. The second kappa shape index (κ2) is 10.6. The van der Waals surface area contributed by atoms with Gasteiger partial charge < -0.3 is 15.7 Å². The summed E-state index contributed by atoms with van der Waals surface area (Å²) in [6, 6.07) is 8.50. The Kier molecular flexibility index (Phi) is 9.03. The van der Waals surface area contributed by atoms with E-state index in [1.807, 2.05) is 58.0 Å². The number of aliphatic carboxylic acids is 1. The van der Waals surface area contributed by atoms with Crippen LogP contribution in [0, 0.1) is 22.7 Å². The fourth-order valence-corrected chi connectivity index (χ4v) is 3.77. The van der Waals surface area contributed by atoms with Gasteiger partial charge in [-0.15, -0.1) is 6.58 Å². The van der Waals surface area contributed by atoms with E-state index < -0.39 is 40.6 Å². The molecule has 6 nitrogen and oxygen atoms in total. The summed E-state index contributed by atoms with van der Waals surface area (Å²) in [4.78, 5) is 38.4. The molecule has 0 bridgehead atoms. The maximum atomic E-state index is 13.2. The first kappa shape index (κ1) is 26.4. The van der Waals surface area contributed by atoms with E-state index in [2.05, 4.69) is 17.2 Å². The third kappa shape index (κ3) is 7.53. The first-order chi connectivity index (χ1) is 14.2. The molecule has 1 aromatic carbocycles. The van der Waals surface area contributed by atoms with Crippen molar-refractivity contribution in [3.05, 3.63) is 48.6 Å². The number of hydrogen-bond donors (Lipinski definition) is 3. The number of hydrogen-bond acceptors (Lipinski definition) is 3. The Morgan fingerprint density at radius 3 is 1.94 bits per heavy atom. The molecule has 0 aliphatic carbocycles. The van der Waals surface area contributed by atoms with Crippen LogP contribution in [-0.4, -0.2) is 28.9 Å². The maximum Gasteiger partial charge on any atom is 0.307 e. The number of allylic oxidation sites excluding steroid dienone is 1. The van der Waals surface area contributed by atoms with Gasteiger partial charge in [-0.25, -0.2) is 0 Å². The predicted molar refractivity (Wildman–Crippen MR) is 123 cm³/mol. The van der Waals surface area contributed by atoms with Gasteiger partial charge in [-0.05, 0) is 29.7 Å². The van der Waals surface area contributed by atoms with Crippen LogP contribution < -0.4 is 10.6 Å². The highest BCUT2D eigenvalue weighted by Gasteiger charge is 2.43. The van der Waals surface area contributed by atoms with Crippen molar-refractivity contribution in [1.29, 1.82) is 0 Å². The molecule has 1 unspecified atom stereocenters. The van der Waals surface area contributed by atoms with Crippen molar-refractivity contribution in [2.45, 2.75) is 67.0 Å². The van der Waals surface area contributed by atoms with Crippen LogP contribution in [0.5, 0.6) is 0 Å². The molecule has 6 heteroatoms. The number of carboxylic acids is 1. The van der Waals surface area contributed by atoms with E-state index in [0.717, 1.165) is 5.56 Å². The number of amides is 2. The topological polar surface area (TPSA) is 95.5 Å². The van der Waals surface area contributed by atoms with Gasteiger partial charge in [0.05, 0.1) is 17.9 Å². The number of rotatable bonds is 9. The Bertz CT molecular complexity index is 775. The van der Waals surface area contributed by atoms with E-state index in [4.69, 9.17) is 0 Å². The smallest absolute Gasteiger partial charge is 0.307 e. The summed E-state index contributed by atoms with van der Waals surface area (Å²) in [6.07, 6.45) is 1.76. The third-order valence-corrected chi connectivity index (χ3v) is 5.43. The predicted octanol–water partition coefficient (Wildman–Crippen LogP) is 4.33. The van der Waals surface area contributed by atoms with Crippen molar-refractivity contribution in [1.82, 2.24) is 10.6 Å². The monoisotopic (exact) mass is 430 g/mol. The Balaban J connectivity index is 3.13. The Morgan fingerprint density at radius 2 is 1.52 bits per heavy atom. The molecule has 0 saturated carbocycles. The maximum absolute atomic E-state index is 13.2. The van der Waals surface area contributed by atoms with Gasteiger partial charge in [0.1, 0.15) is 6.04 Å². The highest BCUT2D eigenvalue weighted by atomic mass is 16.4. The summed E-state index contributed by atoms with van der Waals surface area (Å²) < 4.78 is 0. The van der Waals surface area contributed by atoms with Crippen LogP contribution in [0.15, 0.2) is 43.0 Å². The lowest BCUT2D eigenvalue weighted by Crippen LogP contribution is -2.56. The second-order valence-electron chi connectivity index (χ2n) is 10.3. The number of benzene rings is 1. The minimum atomic E-state index is -1.04. The summed E-state index contributed by atoms with van der Waals surface area (Å²) in [7, 11) is 0. The fourth-order valence-electron chi connectivity index (χ4n) is 3.77. The molecule has 0 spiro atoms. The summed E-state index contributed by atoms with van der Waals surface area (Å²) in [5, 5.41) is 15.6. The second-order valence-corrected chi connectivity index (χ2v) is 10.3. The Morgan fingerprint density at radius 1 is 0.968 bits per heavy atom. The van der Waals surface area contributed by atoms with Crippen LogP contribution in [0.25, 0.3) is 0 Å². The molecular formula is C25H38N2O4. The molecule has 0 saturated heterocycles. The Hall–Kier alpha value is -2.63. The van der Waals surface area contributed by atoms with Crippen LogP contribution in [0.1, 0.15) is 66.5 Å². The highest BCUT2D eigenvalue weighted by molar-refractivity contribution is 5.91. The molecule has 0 aliphatic rings. The van der Waals surface area contributed by atoms with Crippen LogP contribution >= 0.6 is 0 Å². The molecule has 0 heterocycles. The quantitative estimate of drug-likeness (QED) is 0.508. The molecule has 0 aliphatic heterocycles. The average molecular weight is 431 g/mol. The van der Waals surface area contributed by atoms with Gasteiger partial charge in [0.25, 0.3) is 0 Å². The minimum absolute atomic E-state index is 0.207. The lowest BCUT2D eigenvalue weighted by Gasteiger charge is -2.36. The lowest BCUT2D eigenvalue weighted by atomic mass is 9.71. The molecule has 3 N–H and O–H groups in total. The van der Waals surface area contributed by atoms with E-state index in [1.54, 1.807) is 26.8 Å². The van der Waals surface area contributed by atoms with Crippen molar-refractivity contribution < 1.29 is 19.5 Å². The molecule has 1 aromatic rings. The SMILES string of the molecule is C=CC[C@@H](C(=O)N[C@H](C(=O)N[C@H](C)c1ccccc1)C(C)(C)C)C(C(=O)O)C(C)(C)C. The molecule has 0 radical (unpaired) electrons. The van der Waals surface area contributed by atoms with Gasteiger partial charge in [0.2, 0.25) is 11.8 Å². The zero-order valence-corrected chi connectivity index (χ0v) is 19.9. The zero-order valence-electron chi connectivity index (χ0n) is 19.9. The van der Waals surface area contributed by atoms with Gasteiger partial charge in [0, 0.05) is 0 Å². The Labute approximate surface area is 186 Å². The van der Waals surface area contributed by atoms with Gasteiger partial charge in [0.15, 0.2) is 0 Å². The van der Waals surface area contributed by atoms with Gasteiger partial charge in [-0.1, -0.05) is 78.0 Å². The van der Waals surface area contributed by atoms with Crippen molar-refractivity contribution >= 4 is 17.8 Å². The first-order valence-corrected chi connectivity index (χ1v) is 10.7. The fraction of sp³-hybridized carbons (Fsp3) is 0.560. The first-order valence-electron chi connectivity index (χ1n) is 10.7. The minimum Gasteiger partial charge on any atom is -0.481 e. The standard InChI is InChI=1S/C25H38N2O4/c1-9-13-18(19(23(30)31)24(3,4)5)21(28)27-20(25(6,7)8)22(29)26-16(2)17-14-11-10-12-15-17/h9-12,14-16,18-20H,1,13H2,2-8H3,(H,26,29)(H,27,28)(H,30,31)/t16-,18-,19?,20-/m1/s1. The van der Waals surface area contributed by atoms with Crippen LogP contribution in [0.3, 0.4) is 0 Å². The third-order valence-electron chi connectivity index (χ3n) is 5.43. The number of carbonyl (C=O) groups excluding carboxylic acids is 2. The summed E-state index contributed by atoms with van der Waals surface area (Å²) in [5.41, 5.74) is -0.258. The summed E-state index contributed by atoms with van der Waals surface area (Å²) >= 11 is 0. The van der Waals surface area contributed by atoms with E-state index in [0.29, 0.717) is 0 Å². The molecule has 4 atom stereocenters. The van der Waals surface area contributed by atoms with Gasteiger partial charge in [-0.3, -0.25) is 14.4 Å². The van der Waals surface area contributed by atoms with E-state index >= 15 is 0 Å². The van der Waals surface area contributed by atoms with E-state index in [9.17, 15) is 19.5 Å². The largest absolute Gasteiger partial charge is 0.481 e. The molecular weight excluding hydrogens is 392 g/mol. The average Bonchev–Trinajstić information content (AvgIpc) is 2.63. The number of carboxylic acid groups (broad SMARTS) is 1. The van der Waals surface area contributed by atoms with Gasteiger partial charge in [-0.2, -0.15) is 0 Å². The zero-order chi connectivity index (χ0) is 24.0. The lowest BCUT2D eigenvalue weighted by molar-refractivity contribution is -0.152. The van der Waals surface area contributed by atoms with Crippen LogP contribution in [0.4, 0.5) is 0 Å². The van der Waals surface area contributed by atoms with Crippen LogP contribution in [0.2, 0.25) is 0 Å². The van der Waals surface area contributed by atoms with Crippen LogP contribution in [-0.2, 0) is 14.4 Å². The molecule has 31 heavy (non-hydrogen) atoms. The van der Waals surface area contributed by atoms with Crippen molar-refractivity contribution in [2.75, 3.05) is 0 Å². The molecule has 1 rings (SSSR count). The number of nitrogens with one attached hydrogen (secondary N) is 2. The van der Waals surface area contributed by atoms with E-state index in [1.165, 1.54) is 0 Å². The molecule has 172 valence electrons. The summed E-state index contributed by atoms with van der Waals surface area (Å²) in [6.45, 7) is 16.6. The van der Waals surface area contributed by atoms with Crippen molar-refractivity contribution in [3.63, 3.8) is 0 Å². The molecule has 0 fully saturated rings. The number of carbonyl (C=O) groups is 3. The van der Waals surface area contributed by atoms with Gasteiger partial charge >= 0.3 is 5.97 Å². The van der Waals surface area contributed by atoms with Crippen molar-refractivity contribution in [2.24, 2.45) is 22.7 Å². The molecule has 0 aromatic heterocycles.